The van der Waals surface area contributed by atoms with Crippen LogP contribution in [0.1, 0.15) is 53.3 Å². The Morgan fingerprint density at radius 2 is 1.82 bits per heavy atom. The van der Waals surface area contributed by atoms with Crippen molar-refractivity contribution in [2.24, 2.45) is 0 Å². The highest BCUT2D eigenvalue weighted by atomic mass is 19.4. The normalized spacial score (nSPS) is 18.9. The summed E-state index contributed by atoms with van der Waals surface area (Å²) < 4.78 is 54.2. The molecule has 0 unspecified atom stereocenters. The first-order valence-corrected chi connectivity index (χ1v) is 10.7. The molecule has 1 amide bonds. The fourth-order valence-corrected chi connectivity index (χ4v) is 4.59. The van der Waals surface area contributed by atoms with E-state index in [0.717, 1.165) is 21.7 Å². The first-order chi connectivity index (χ1) is 16.2. The van der Waals surface area contributed by atoms with Crippen molar-refractivity contribution in [1.29, 1.82) is 0 Å². The van der Waals surface area contributed by atoms with E-state index < -0.39 is 23.5 Å². The van der Waals surface area contributed by atoms with Gasteiger partial charge in [0.15, 0.2) is 11.5 Å². The molecule has 0 bridgehead atoms. The number of pyridine rings is 1. The molecule has 0 aliphatic heterocycles. The summed E-state index contributed by atoms with van der Waals surface area (Å²) >= 11 is 0. The topological polar surface area (TPSA) is 92.1 Å². The van der Waals surface area contributed by atoms with Gasteiger partial charge >= 0.3 is 6.18 Å². The van der Waals surface area contributed by atoms with Crippen LogP contribution < -0.4 is 10.9 Å². The quantitative estimate of drug-likeness (QED) is 0.437. The lowest BCUT2D eigenvalue weighted by Gasteiger charge is -2.29. The number of hydrogen-bond acceptors (Lipinski definition) is 4. The number of aromatic nitrogens is 4. The Balaban J connectivity index is 1.32. The number of nitrogens with one attached hydrogen (secondary N) is 2. The molecule has 0 spiro atoms. The van der Waals surface area contributed by atoms with Crippen molar-refractivity contribution in [3.8, 4) is 0 Å². The number of halogens is 4. The Morgan fingerprint density at radius 3 is 2.53 bits per heavy atom. The van der Waals surface area contributed by atoms with Gasteiger partial charge in [-0.25, -0.2) is 14.5 Å². The number of aromatic amines is 1. The number of amides is 1. The minimum atomic E-state index is -4.76. The minimum Gasteiger partial charge on any atom is -0.348 e. The molecule has 1 fully saturated rings. The first-order valence-electron chi connectivity index (χ1n) is 10.7. The summed E-state index contributed by atoms with van der Waals surface area (Å²) in [5, 5.41) is 11.0. The fraction of sp³-hybridized carbons (Fsp3) is 0.304. The van der Waals surface area contributed by atoms with E-state index in [1.807, 2.05) is 12.1 Å². The van der Waals surface area contributed by atoms with Crippen LogP contribution in [0.3, 0.4) is 0 Å². The maximum Gasteiger partial charge on any atom is 0.417 e. The number of nitrogens with zero attached hydrogens (tertiary/aromatic N) is 3. The van der Waals surface area contributed by atoms with Crippen LogP contribution in [0.5, 0.6) is 0 Å². The number of rotatable bonds is 3. The van der Waals surface area contributed by atoms with Gasteiger partial charge in [-0.15, -0.1) is 0 Å². The summed E-state index contributed by atoms with van der Waals surface area (Å²) in [6.07, 6.45) is -0.387. The molecule has 4 aromatic rings. The van der Waals surface area contributed by atoms with E-state index >= 15 is 0 Å². The summed E-state index contributed by atoms with van der Waals surface area (Å²) in [7, 11) is 0. The van der Waals surface area contributed by atoms with Crippen LogP contribution in [0.2, 0.25) is 0 Å². The third kappa shape index (κ3) is 3.91. The van der Waals surface area contributed by atoms with E-state index in [0.29, 0.717) is 43.3 Å². The molecule has 34 heavy (non-hydrogen) atoms. The number of carbonyl (C=O) groups excluding carboxylic acids is 1. The third-order valence-corrected chi connectivity index (χ3v) is 6.30. The zero-order valence-corrected chi connectivity index (χ0v) is 17.7. The smallest absolute Gasteiger partial charge is 0.348 e. The number of H-pyrrole nitrogens is 1. The van der Waals surface area contributed by atoms with Gasteiger partial charge in [0, 0.05) is 23.5 Å². The van der Waals surface area contributed by atoms with Gasteiger partial charge in [-0.05, 0) is 37.8 Å². The molecule has 0 saturated heterocycles. The molecular weight excluding hydrogens is 454 g/mol. The summed E-state index contributed by atoms with van der Waals surface area (Å²) in [6, 6.07) is 7.39. The van der Waals surface area contributed by atoms with E-state index in [9.17, 15) is 27.2 Å². The van der Waals surface area contributed by atoms with E-state index in [4.69, 9.17) is 0 Å². The lowest BCUT2D eigenvalue weighted by molar-refractivity contribution is -0.138. The van der Waals surface area contributed by atoms with Crippen molar-refractivity contribution < 1.29 is 22.4 Å². The number of imidazole rings is 1. The van der Waals surface area contributed by atoms with Crippen LogP contribution in [0, 0.1) is 5.82 Å². The summed E-state index contributed by atoms with van der Waals surface area (Å²) in [6.45, 7) is 0. The van der Waals surface area contributed by atoms with E-state index in [1.54, 1.807) is 12.1 Å². The highest BCUT2D eigenvalue weighted by molar-refractivity contribution is 5.93. The molecule has 1 aliphatic rings. The van der Waals surface area contributed by atoms with Gasteiger partial charge in [0.05, 0.1) is 22.8 Å². The average molecular weight is 473 g/mol. The maximum atomic E-state index is 14.1. The van der Waals surface area contributed by atoms with Crippen LogP contribution in [0.4, 0.5) is 17.6 Å². The molecule has 2 N–H and O–H groups in total. The lowest BCUT2D eigenvalue weighted by Crippen LogP contribution is -2.38. The zero-order valence-electron chi connectivity index (χ0n) is 17.7. The number of fused-ring (bicyclic) bond motifs is 2. The Bertz CT molecular complexity index is 1450. The Morgan fingerprint density at radius 1 is 1.12 bits per heavy atom. The lowest BCUT2D eigenvalue weighted by atomic mass is 9.82. The predicted molar refractivity (Wildman–Crippen MR) is 115 cm³/mol. The Kier molecular flexibility index (Phi) is 5.34. The molecule has 1 aromatic carbocycles. The van der Waals surface area contributed by atoms with Gasteiger partial charge in [0.25, 0.3) is 11.5 Å². The van der Waals surface area contributed by atoms with Crippen molar-refractivity contribution in [1.82, 2.24) is 24.9 Å². The molecule has 1 saturated carbocycles. The second-order valence-electron chi connectivity index (χ2n) is 8.42. The highest BCUT2D eigenvalue weighted by Gasteiger charge is 2.33. The molecule has 5 rings (SSSR count). The average Bonchev–Trinajstić information content (AvgIpc) is 3.25. The summed E-state index contributed by atoms with van der Waals surface area (Å²) in [4.78, 5) is 28.6. The molecule has 1 aliphatic carbocycles. The SMILES string of the molecule is O=C(N[C@H]1CC[C@H](c2n[nH]c(=O)c3ccccc32)CC1)c1cnc2c(F)cc(C(F)(F)F)cn12. The van der Waals surface area contributed by atoms with Crippen molar-refractivity contribution in [2.45, 2.75) is 43.8 Å². The first kappa shape index (κ1) is 22.1. The largest absolute Gasteiger partial charge is 0.417 e. The number of hydrogen-bond donors (Lipinski definition) is 2. The van der Waals surface area contributed by atoms with Crippen molar-refractivity contribution in [3.05, 3.63) is 75.8 Å². The molecule has 176 valence electrons. The Labute approximate surface area is 189 Å². The van der Waals surface area contributed by atoms with Crippen LogP contribution in [0.25, 0.3) is 16.4 Å². The van der Waals surface area contributed by atoms with Gasteiger partial charge in [-0.1, -0.05) is 18.2 Å². The molecule has 0 radical (unpaired) electrons. The van der Waals surface area contributed by atoms with Crippen molar-refractivity contribution >= 4 is 22.3 Å². The van der Waals surface area contributed by atoms with Gasteiger partial charge in [-0.3, -0.25) is 14.0 Å². The van der Waals surface area contributed by atoms with Crippen molar-refractivity contribution in [2.75, 3.05) is 0 Å². The van der Waals surface area contributed by atoms with E-state index in [1.165, 1.54) is 0 Å². The molecule has 11 heteroatoms. The number of carbonyl (C=O) groups is 1. The molecule has 7 nitrogen and oxygen atoms in total. The van der Waals surface area contributed by atoms with E-state index in [2.05, 4.69) is 20.5 Å². The Hall–Kier alpha value is -3.76. The zero-order chi connectivity index (χ0) is 24.0. The van der Waals surface area contributed by atoms with Gasteiger partial charge in [-0.2, -0.15) is 18.3 Å². The molecule has 3 heterocycles. The number of alkyl halides is 3. The predicted octanol–water partition coefficient (Wildman–Crippen LogP) is 4.18. The minimum absolute atomic E-state index is 0.0918. The van der Waals surface area contributed by atoms with Gasteiger partial charge < -0.3 is 5.32 Å². The maximum absolute atomic E-state index is 14.1. The van der Waals surface area contributed by atoms with E-state index in [-0.39, 0.29) is 28.9 Å². The fourth-order valence-electron chi connectivity index (χ4n) is 4.59. The van der Waals surface area contributed by atoms with Crippen LogP contribution in [-0.4, -0.2) is 31.5 Å². The second-order valence-corrected chi connectivity index (χ2v) is 8.42. The second kappa shape index (κ2) is 8.23. The highest BCUT2D eigenvalue weighted by Crippen LogP contribution is 2.35. The van der Waals surface area contributed by atoms with Gasteiger partial charge in [0.1, 0.15) is 5.69 Å². The van der Waals surface area contributed by atoms with Crippen molar-refractivity contribution in [3.63, 3.8) is 0 Å². The third-order valence-electron chi connectivity index (χ3n) is 6.30. The van der Waals surface area contributed by atoms with Crippen LogP contribution in [-0.2, 0) is 6.18 Å². The molecular formula is C23H19F4N5O2. The monoisotopic (exact) mass is 473 g/mol. The summed E-state index contributed by atoms with van der Waals surface area (Å²) in [5.74, 6) is -1.69. The van der Waals surface area contributed by atoms with Crippen LogP contribution >= 0.6 is 0 Å². The van der Waals surface area contributed by atoms with Crippen LogP contribution in [0.15, 0.2) is 47.5 Å². The molecule has 0 atom stereocenters. The summed E-state index contributed by atoms with van der Waals surface area (Å²) in [5.41, 5.74) is -1.17. The molecule has 3 aromatic heterocycles. The standard InChI is InChI=1S/C23H19F4N5O2/c24-17-9-13(23(25,26)27)11-32-18(10-28-20(17)32)22(34)29-14-7-5-12(6-8-14)19-15-3-1-2-4-16(15)21(33)31-30-19/h1-4,9-12,14H,5-8H2,(H,29,34)(H,31,33)/t12-,14-. The van der Waals surface area contributed by atoms with Gasteiger partial charge in [0.2, 0.25) is 0 Å². The number of benzene rings is 1.